The molecule has 11 nitrogen and oxygen atoms in total. The van der Waals surface area contributed by atoms with Gasteiger partial charge in [-0.3, -0.25) is 19.8 Å². The number of carbonyl (C=O) groups is 1. The van der Waals surface area contributed by atoms with Gasteiger partial charge < -0.3 is 28.6 Å². The van der Waals surface area contributed by atoms with Crippen LogP contribution in [-0.4, -0.2) is 78.2 Å². The number of nitro groups is 1. The SMILES string of the molecule is CCOC(=O)Cc1ccc(OC2CCN(CC(O)(c3cn(Cc4ccc(OC)cc4)c4cc([N+](=O)[O-])ccc34)C(F)(F)F)CC2)c(OC)c1. The second-order valence-corrected chi connectivity index (χ2v) is 11.9. The van der Waals surface area contributed by atoms with Gasteiger partial charge in [-0.25, -0.2) is 0 Å². The minimum atomic E-state index is -5.07. The highest BCUT2D eigenvalue weighted by Gasteiger charge is 2.57. The number of ether oxygens (including phenoxy) is 4. The summed E-state index contributed by atoms with van der Waals surface area (Å²) in [5, 5.41) is 23.2. The molecule has 1 aromatic heterocycles. The molecule has 262 valence electrons. The van der Waals surface area contributed by atoms with Crippen LogP contribution in [-0.2, 0) is 28.1 Å². The number of non-ortho nitro benzene ring substituents is 1. The molecule has 1 fully saturated rings. The first-order chi connectivity index (χ1) is 23.3. The van der Waals surface area contributed by atoms with Crippen LogP contribution in [0.5, 0.6) is 17.2 Å². The highest BCUT2D eigenvalue weighted by molar-refractivity contribution is 5.87. The van der Waals surface area contributed by atoms with Gasteiger partial charge >= 0.3 is 12.1 Å². The lowest BCUT2D eigenvalue weighted by molar-refractivity contribution is -0.384. The Morgan fingerprint density at radius 1 is 0.980 bits per heavy atom. The van der Waals surface area contributed by atoms with E-state index in [1.165, 1.54) is 37.1 Å². The number of esters is 1. The molecule has 0 spiro atoms. The number of hydrogen-bond donors (Lipinski definition) is 1. The summed E-state index contributed by atoms with van der Waals surface area (Å²) in [5.41, 5.74) is -2.35. The van der Waals surface area contributed by atoms with Gasteiger partial charge in [0.1, 0.15) is 11.9 Å². The molecule has 1 atom stereocenters. The molecule has 49 heavy (non-hydrogen) atoms. The molecule has 14 heteroatoms. The maximum atomic E-state index is 14.9. The molecule has 0 radical (unpaired) electrons. The Labute approximate surface area is 280 Å². The summed E-state index contributed by atoms with van der Waals surface area (Å²) in [6.45, 7) is 1.78. The third-order valence-corrected chi connectivity index (χ3v) is 8.67. The molecule has 0 bridgehead atoms. The Kier molecular flexibility index (Phi) is 10.7. The smallest absolute Gasteiger partial charge is 0.422 e. The summed E-state index contributed by atoms with van der Waals surface area (Å²) in [6.07, 6.45) is -3.32. The molecule has 2 heterocycles. The molecule has 1 saturated heterocycles. The fourth-order valence-electron chi connectivity index (χ4n) is 6.10. The number of benzene rings is 3. The van der Waals surface area contributed by atoms with Crippen LogP contribution in [0.25, 0.3) is 10.9 Å². The summed E-state index contributed by atoms with van der Waals surface area (Å²) in [5.74, 6) is 1.09. The largest absolute Gasteiger partial charge is 0.497 e. The number of nitrogens with zero attached hydrogens (tertiary/aromatic N) is 3. The van der Waals surface area contributed by atoms with E-state index in [0.29, 0.717) is 35.7 Å². The predicted molar refractivity (Wildman–Crippen MR) is 174 cm³/mol. The maximum Gasteiger partial charge on any atom is 0.422 e. The molecule has 4 aromatic rings. The summed E-state index contributed by atoms with van der Waals surface area (Å²) < 4.78 is 68.1. The number of methoxy groups -OCH3 is 2. The normalized spacial score (nSPS) is 15.5. The van der Waals surface area contributed by atoms with Crippen molar-refractivity contribution >= 4 is 22.6 Å². The van der Waals surface area contributed by atoms with Crippen LogP contribution in [0.2, 0.25) is 0 Å². The van der Waals surface area contributed by atoms with Gasteiger partial charge in [-0.05, 0) is 61.2 Å². The monoisotopic (exact) mass is 685 g/mol. The van der Waals surface area contributed by atoms with Crippen LogP contribution in [0, 0.1) is 10.1 Å². The van der Waals surface area contributed by atoms with Crippen LogP contribution < -0.4 is 14.2 Å². The molecule has 0 aliphatic carbocycles. The van der Waals surface area contributed by atoms with Crippen LogP contribution in [0.15, 0.2) is 66.9 Å². The van der Waals surface area contributed by atoms with E-state index in [1.54, 1.807) is 54.3 Å². The van der Waals surface area contributed by atoms with E-state index in [0.717, 1.165) is 11.6 Å². The van der Waals surface area contributed by atoms with Crippen molar-refractivity contribution in [1.82, 2.24) is 9.47 Å². The Balaban J connectivity index is 1.36. The fraction of sp³-hybridized carbons (Fsp3) is 0.400. The van der Waals surface area contributed by atoms with Crippen molar-refractivity contribution in [1.29, 1.82) is 0 Å². The van der Waals surface area contributed by atoms with Crippen molar-refractivity contribution in [3.63, 3.8) is 0 Å². The summed E-state index contributed by atoms with van der Waals surface area (Å²) >= 11 is 0. The molecular weight excluding hydrogens is 647 g/mol. The highest BCUT2D eigenvalue weighted by Crippen LogP contribution is 2.44. The van der Waals surface area contributed by atoms with Gasteiger partial charge in [0.05, 0.1) is 37.7 Å². The van der Waals surface area contributed by atoms with Crippen molar-refractivity contribution in [3.05, 3.63) is 93.7 Å². The molecule has 5 rings (SSSR count). The molecule has 1 unspecified atom stereocenters. The average molecular weight is 686 g/mol. The Hall–Kier alpha value is -4.82. The zero-order chi connectivity index (χ0) is 35.3. The number of fused-ring (bicyclic) bond motifs is 1. The number of carbonyl (C=O) groups excluding carboxylic acids is 1. The Morgan fingerprint density at radius 2 is 1.67 bits per heavy atom. The number of nitro benzene ring substituents is 1. The summed E-state index contributed by atoms with van der Waals surface area (Å²) in [6, 6.07) is 15.6. The van der Waals surface area contributed by atoms with Crippen molar-refractivity contribution < 1.29 is 46.9 Å². The zero-order valence-corrected chi connectivity index (χ0v) is 27.4. The minimum Gasteiger partial charge on any atom is -0.497 e. The third kappa shape index (κ3) is 7.92. The van der Waals surface area contributed by atoms with Gasteiger partial charge in [0.2, 0.25) is 5.60 Å². The van der Waals surface area contributed by atoms with Crippen LogP contribution in [0.3, 0.4) is 0 Å². The van der Waals surface area contributed by atoms with E-state index in [9.17, 15) is 33.2 Å². The Bertz CT molecular complexity index is 1790. The molecule has 0 saturated carbocycles. The second kappa shape index (κ2) is 14.7. The molecular formula is C35H38F3N3O8. The minimum absolute atomic E-state index is 0.0654. The zero-order valence-electron chi connectivity index (χ0n) is 27.4. The predicted octanol–water partition coefficient (Wildman–Crippen LogP) is 6.01. The number of halogens is 3. The number of aliphatic hydroxyl groups is 1. The van der Waals surface area contributed by atoms with Crippen LogP contribution >= 0.6 is 0 Å². The van der Waals surface area contributed by atoms with E-state index in [2.05, 4.69) is 0 Å². The van der Waals surface area contributed by atoms with Crippen molar-refractivity contribution in [2.75, 3.05) is 40.5 Å². The first-order valence-electron chi connectivity index (χ1n) is 15.8. The number of aromatic nitrogens is 1. The third-order valence-electron chi connectivity index (χ3n) is 8.67. The number of rotatable bonds is 13. The lowest BCUT2D eigenvalue weighted by atomic mass is 9.91. The molecule has 3 aromatic carbocycles. The van der Waals surface area contributed by atoms with Crippen LogP contribution in [0.4, 0.5) is 18.9 Å². The highest BCUT2D eigenvalue weighted by atomic mass is 19.4. The van der Waals surface area contributed by atoms with Gasteiger partial charge in [-0.1, -0.05) is 18.2 Å². The lowest BCUT2D eigenvalue weighted by Gasteiger charge is -2.39. The standard InChI is InChI=1S/C35H38F3N3O8/c1-4-48-33(42)18-24-7-12-31(32(17-24)47-3)49-27-13-15-39(16-14-27)22-34(43,35(36,37)38)29-21-40(20-23-5-9-26(46-2)10-6-23)30-19-25(41(44)45)8-11-28(29)30/h5-12,17,19,21,27,43H,4,13-16,18,20,22H2,1-3H3. The van der Waals surface area contributed by atoms with E-state index in [-0.39, 0.29) is 66.9 Å². The van der Waals surface area contributed by atoms with Crippen molar-refractivity contribution in [2.45, 2.75) is 50.6 Å². The molecule has 1 aliphatic rings. The number of alkyl halides is 3. The fourth-order valence-corrected chi connectivity index (χ4v) is 6.10. The van der Waals surface area contributed by atoms with Gasteiger partial charge in [0, 0.05) is 55.5 Å². The topological polar surface area (TPSA) is 126 Å². The van der Waals surface area contributed by atoms with Crippen molar-refractivity contribution in [3.8, 4) is 17.2 Å². The summed E-state index contributed by atoms with van der Waals surface area (Å²) in [7, 11) is 2.99. The van der Waals surface area contributed by atoms with Gasteiger partial charge in [-0.15, -0.1) is 0 Å². The maximum absolute atomic E-state index is 14.9. The Morgan fingerprint density at radius 3 is 2.29 bits per heavy atom. The quantitative estimate of drug-likeness (QED) is 0.102. The van der Waals surface area contributed by atoms with E-state index >= 15 is 0 Å². The number of β-amino-alcohol motifs (C(OH)–C–C–N with tert-alkyl or cyclic N) is 1. The van der Waals surface area contributed by atoms with Crippen molar-refractivity contribution in [2.24, 2.45) is 0 Å². The number of piperidine rings is 1. The molecule has 1 aliphatic heterocycles. The first kappa shape index (κ1) is 35.5. The van der Waals surface area contributed by atoms with E-state index in [4.69, 9.17) is 18.9 Å². The first-order valence-corrected chi connectivity index (χ1v) is 15.8. The molecule has 1 N–H and O–H groups in total. The summed E-state index contributed by atoms with van der Waals surface area (Å²) in [4.78, 5) is 24.4. The van der Waals surface area contributed by atoms with E-state index < -0.39 is 23.2 Å². The number of likely N-dealkylation sites (tertiary alicyclic amines) is 1. The second-order valence-electron chi connectivity index (χ2n) is 11.9. The van der Waals surface area contributed by atoms with Crippen LogP contribution in [0.1, 0.15) is 36.5 Å². The number of hydrogen-bond acceptors (Lipinski definition) is 9. The van der Waals surface area contributed by atoms with E-state index in [1.807, 2.05) is 0 Å². The lowest BCUT2D eigenvalue weighted by Crippen LogP contribution is -2.53. The average Bonchev–Trinajstić information content (AvgIpc) is 3.44. The van der Waals surface area contributed by atoms with Gasteiger partial charge in [0.25, 0.3) is 5.69 Å². The molecule has 0 amide bonds. The van der Waals surface area contributed by atoms with Gasteiger partial charge in [0.15, 0.2) is 11.5 Å². The van der Waals surface area contributed by atoms with Gasteiger partial charge in [-0.2, -0.15) is 13.2 Å².